The van der Waals surface area contributed by atoms with Crippen molar-refractivity contribution in [3.63, 3.8) is 0 Å². The predicted octanol–water partition coefficient (Wildman–Crippen LogP) is 2.88. The van der Waals surface area contributed by atoms with Crippen molar-refractivity contribution >= 4 is 22.6 Å². The summed E-state index contributed by atoms with van der Waals surface area (Å²) in [7, 11) is 1.79. The van der Waals surface area contributed by atoms with Crippen LogP contribution in [0.4, 0.5) is 5.69 Å². The molecule has 4 aromatic rings. The van der Waals surface area contributed by atoms with Crippen LogP contribution in [-0.4, -0.2) is 25.7 Å². The second-order valence-electron chi connectivity index (χ2n) is 6.21. The summed E-state index contributed by atoms with van der Waals surface area (Å²) in [6, 6.07) is 12.7. The van der Waals surface area contributed by atoms with Gasteiger partial charge in [-0.1, -0.05) is 30.3 Å². The summed E-state index contributed by atoms with van der Waals surface area (Å²) in [6.07, 6.45) is 2.98. The predicted molar refractivity (Wildman–Crippen MR) is 104 cm³/mol. The van der Waals surface area contributed by atoms with Crippen molar-refractivity contribution in [2.24, 2.45) is 7.05 Å². The van der Waals surface area contributed by atoms with Crippen molar-refractivity contribution in [1.29, 1.82) is 0 Å². The molecule has 0 spiro atoms. The van der Waals surface area contributed by atoms with Gasteiger partial charge in [-0.15, -0.1) is 0 Å². The number of hydrogen-bond acceptors (Lipinski definition) is 4. The van der Waals surface area contributed by atoms with Crippen LogP contribution in [0.3, 0.4) is 0 Å². The first kappa shape index (κ1) is 16.7. The van der Waals surface area contributed by atoms with Crippen molar-refractivity contribution in [1.82, 2.24) is 19.7 Å². The maximum absolute atomic E-state index is 13.0. The summed E-state index contributed by atoms with van der Waals surface area (Å²) in [6.45, 7) is 1.83. The molecule has 7 nitrogen and oxygen atoms in total. The van der Waals surface area contributed by atoms with E-state index >= 15 is 0 Å². The van der Waals surface area contributed by atoms with Gasteiger partial charge in [-0.25, -0.2) is 4.98 Å². The van der Waals surface area contributed by atoms with Gasteiger partial charge in [0.15, 0.2) is 5.65 Å². The van der Waals surface area contributed by atoms with E-state index in [1.165, 1.54) is 18.5 Å². The SMILES string of the molecule is Cc1nn(C)c2nc(-c3ccccc3)cc(C(=O)Nc3c[nH]ccc3=O)c12. The first-order valence-electron chi connectivity index (χ1n) is 8.43. The molecule has 0 unspecified atom stereocenters. The molecular weight excluding hydrogens is 342 g/mol. The lowest BCUT2D eigenvalue weighted by atomic mass is 10.0. The molecule has 0 aliphatic carbocycles. The van der Waals surface area contributed by atoms with Crippen molar-refractivity contribution in [2.75, 3.05) is 5.32 Å². The van der Waals surface area contributed by atoms with Crippen LogP contribution >= 0.6 is 0 Å². The molecule has 2 N–H and O–H groups in total. The zero-order chi connectivity index (χ0) is 19.0. The fourth-order valence-electron chi connectivity index (χ4n) is 3.08. The zero-order valence-corrected chi connectivity index (χ0v) is 14.9. The molecule has 1 aromatic carbocycles. The summed E-state index contributed by atoms with van der Waals surface area (Å²) >= 11 is 0. The Labute approximate surface area is 154 Å². The third-order valence-corrected chi connectivity index (χ3v) is 4.36. The molecule has 4 rings (SSSR count). The summed E-state index contributed by atoms with van der Waals surface area (Å²) in [5, 5.41) is 7.75. The number of H-pyrrole nitrogens is 1. The summed E-state index contributed by atoms with van der Waals surface area (Å²) in [4.78, 5) is 32.4. The average Bonchev–Trinajstić information content (AvgIpc) is 2.97. The standard InChI is InChI=1S/C20H17N5O2/c1-12-18-14(20(27)23-16-11-21-9-8-17(16)26)10-15(13-6-4-3-5-7-13)22-19(18)25(2)24-12/h3-11H,1-2H3,(H,21,26)(H,23,27). The maximum Gasteiger partial charge on any atom is 0.256 e. The monoisotopic (exact) mass is 359 g/mol. The highest BCUT2D eigenvalue weighted by atomic mass is 16.2. The van der Waals surface area contributed by atoms with Crippen LogP contribution in [0.15, 0.2) is 59.7 Å². The first-order valence-corrected chi connectivity index (χ1v) is 8.43. The third kappa shape index (κ3) is 2.99. The van der Waals surface area contributed by atoms with E-state index in [0.717, 1.165) is 5.56 Å². The van der Waals surface area contributed by atoms with E-state index in [9.17, 15) is 9.59 Å². The zero-order valence-electron chi connectivity index (χ0n) is 14.9. The van der Waals surface area contributed by atoms with Crippen LogP contribution < -0.4 is 10.7 Å². The average molecular weight is 359 g/mol. The van der Waals surface area contributed by atoms with Crippen LogP contribution in [0, 0.1) is 6.92 Å². The molecule has 27 heavy (non-hydrogen) atoms. The largest absolute Gasteiger partial charge is 0.366 e. The van der Waals surface area contributed by atoms with Gasteiger partial charge in [-0.05, 0) is 13.0 Å². The number of fused-ring (bicyclic) bond motifs is 1. The number of pyridine rings is 2. The number of benzene rings is 1. The van der Waals surface area contributed by atoms with E-state index in [1.54, 1.807) is 17.8 Å². The second kappa shape index (κ2) is 6.53. The molecule has 0 aliphatic rings. The topological polar surface area (TPSA) is 92.7 Å². The number of amides is 1. The van der Waals surface area contributed by atoms with E-state index in [0.29, 0.717) is 28.0 Å². The normalized spacial score (nSPS) is 10.9. The highest BCUT2D eigenvalue weighted by Crippen LogP contribution is 2.27. The van der Waals surface area contributed by atoms with Crippen molar-refractivity contribution in [3.8, 4) is 11.3 Å². The Balaban J connectivity index is 1.89. The van der Waals surface area contributed by atoms with E-state index in [1.807, 2.05) is 37.3 Å². The van der Waals surface area contributed by atoms with Gasteiger partial charge in [0.2, 0.25) is 5.43 Å². The molecule has 134 valence electrons. The fourth-order valence-corrected chi connectivity index (χ4v) is 3.08. The van der Waals surface area contributed by atoms with Crippen LogP contribution in [0.1, 0.15) is 16.1 Å². The fraction of sp³-hybridized carbons (Fsp3) is 0.100. The number of nitrogens with one attached hydrogen (secondary N) is 2. The van der Waals surface area contributed by atoms with Gasteiger partial charge in [-0.3, -0.25) is 14.3 Å². The lowest BCUT2D eigenvalue weighted by Crippen LogP contribution is -2.18. The minimum atomic E-state index is -0.382. The molecule has 0 atom stereocenters. The Bertz CT molecular complexity index is 1210. The van der Waals surface area contributed by atoms with Crippen LogP contribution in [-0.2, 0) is 7.05 Å². The lowest BCUT2D eigenvalue weighted by Gasteiger charge is -2.09. The van der Waals surface area contributed by atoms with Gasteiger partial charge in [0.05, 0.1) is 22.3 Å². The maximum atomic E-state index is 13.0. The van der Waals surface area contributed by atoms with Gasteiger partial charge in [-0.2, -0.15) is 5.10 Å². The van der Waals surface area contributed by atoms with Crippen molar-refractivity contribution in [2.45, 2.75) is 6.92 Å². The molecule has 0 aliphatic heterocycles. The first-order chi connectivity index (χ1) is 13.0. The molecule has 0 bridgehead atoms. The van der Waals surface area contributed by atoms with E-state index in [4.69, 9.17) is 0 Å². The van der Waals surface area contributed by atoms with Crippen molar-refractivity contribution < 1.29 is 4.79 Å². The van der Waals surface area contributed by atoms with E-state index in [2.05, 4.69) is 20.4 Å². The van der Waals surface area contributed by atoms with Gasteiger partial charge in [0.25, 0.3) is 5.91 Å². The van der Waals surface area contributed by atoms with Crippen LogP contribution in [0.5, 0.6) is 0 Å². The number of nitrogens with zero attached hydrogens (tertiary/aromatic N) is 3. The van der Waals surface area contributed by atoms with Gasteiger partial charge in [0.1, 0.15) is 5.69 Å². The Morgan fingerprint density at radius 3 is 2.70 bits per heavy atom. The highest BCUT2D eigenvalue weighted by Gasteiger charge is 2.20. The lowest BCUT2D eigenvalue weighted by molar-refractivity contribution is 0.102. The molecule has 3 heterocycles. The van der Waals surface area contributed by atoms with Crippen LogP contribution in [0.2, 0.25) is 0 Å². The number of anilines is 1. The number of aryl methyl sites for hydroxylation is 2. The van der Waals surface area contributed by atoms with Gasteiger partial charge < -0.3 is 10.3 Å². The van der Waals surface area contributed by atoms with Gasteiger partial charge >= 0.3 is 0 Å². The molecule has 0 saturated heterocycles. The van der Waals surface area contributed by atoms with Crippen molar-refractivity contribution in [3.05, 3.63) is 76.3 Å². The quantitative estimate of drug-likeness (QED) is 0.588. The number of rotatable bonds is 3. The number of aromatic amines is 1. The molecule has 0 fully saturated rings. The van der Waals surface area contributed by atoms with E-state index < -0.39 is 0 Å². The number of carbonyl (C=O) groups excluding carboxylic acids is 1. The summed E-state index contributed by atoms with van der Waals surface area (Å²) in [5.41, 5.74) is 3.22. The smallest absolute Gasteiger partial charge is 0.256 e. The molecule has 0 radical (unpaired) electrons. The summed E-state index contributed by atoms with van der Waals surface area (Å²) in [5.74, 6) is -0.382. The second-order valence-corrected chi connectivity index (χ2v) is 6.21. The number of aromatic nitrogens is 4. The Morgan fingerprint density at radius 2 is 1.96 bits per heavy atom. The Hall–Kier alpha value is -3.74. The molecule has 3 aromatic heterocycles. The van der Waals surface area contributed by atoms with Crippen LogP contribution in [0.25, 0.3) is 22.3 Å². The number of hydrogen-bond donors (Lipinski definition) is 2. The minimum Gasteiger partial charge on any atom is -0.366 e. The highest BCUT2D eigenvalue weighted by molar-refractivity contribution is 6.13. The molecule has 7 heteroatoms. The molecular formula is C20H17N5O2. The Kier molecular flexibility index (Phi) is 4.04. The van der Waals surface area contributed by atoms with Gasteiger partial charge in [0, 0.05) is 31.1 Å². The minimum absolute atomic E-state index is 0.190. The van der Waals surface area contributed by atoms with E-state index in [-0.39, 0.29) is 17.0 Å². The molecule has 0 saturated carbocycles. The Morgan fingerprint density at radius 1 is 1.19 bits per heavy atom. The summed E-state index contributed by atoms with van der Waals surface area (Å²) < 4.78 is 1.66. The molecule has 1 amide bonds. The third-order valence-electron chi connectivity index (χ3n) is 4.36. The number of carbonyl (C=O) groups is 1.